The fourth-order valence-electron chi connectivity index (χ4n) is 3.44. The average molecular weight is 368 g/mol. The summed E-state index contributed by atoms with van der Waals surface area (Å²) in [5, 5.41) is 4.06. The van der Waals surface area contributed by atoms with Crippen LogP contribution in [0.4, 0.5) is 0 Å². The molecule has 128 valence electrons. The number of benzene rings is 1. The van der Waals surface area contributed by atoms with E-state index in [9.17, 15) is 4.79 Å². The Hall–Kier alpha value is -1.56. The van der Waals surface area contributed by atoms with E-state index in [2.05, 4.69) is 10.3 Å². The van der Waals surface area contributed by atoms with E-state index in [1.54, 1.807) is 18.4 Å². The van der Waals surface area contributed by atoms with E-state index in [4.69, 9.17) is 16.0 Å². The quantitative estimate of drug-likeness (QED) is 0.905. The molecular formula is C17H19Cl2N3O2. The van der Waals surface area contributed by atoms with Crippen LogP contribution in [0.25, 0.3) is 11.5 Å². The Morgan fingerprint density at radius 1 is 1.25 bits per heavy atom. The molecule has 0 unspecified atom stereocenters. The van der Waals surface area contributed by atoms with Crippen LogP contribution in [-0.2, 0) is 11.2 Å². The van der Waals surface area contributed by atoms with Crippen LogP contribution in [0.5, 0.6) is 0 Å². The Morgan fingerprint density at radius 3 is 2.58 bits per heavy atom. The van der Waals surface area contributed by atoms with Crippen LogP contribution >= 0.6 is 24.0 Å². The summed E-state index contributed by atoms with van der Waals surface area (Å²) in [5.41, 5.74) is 1.53. The average Bonchev–Trinajstić information content (AvgIpc) is 3.22. The van der Waals surface area contributed by atoms with Crippen LogP contribution in [0.2, 0.25) is 5.02 Å². The Balaban J connectivity index is 0.00000169. The number of halogens is 2. The number of rotatable bonds is 3. The molecule has 3 heterocycles. The molecule has 2 atom stereocenters. The molecule has 2 aliphatic rings. The highest BCUT2D eigenvalue weighted by atomic mass is 35.5. The van der Waals surface area contributed by atoms with Crippen LogP contribution in [0, 0.1) is 11.8 Å². The molecule has 24 heavy (non-hydrogen) atoms. The van der Waals surface area contributed by atoms with Gasteiger partial charge < -0.3 is 14.6 Å². The first-order valence-corrected chi connectivity index (χ1v) is 8.25. The largest absolute Gasteiger partial charge is 0.444 e. The summed E-state index contributed by atoms with van der Waals surface area (Å²) in [5.74, 6) is 1.88. The topological polar surface area (TPSA) is 58.4 Å². The maximum atomic E-state index is 12.4. The lowest BCUT2D eigenvalue weighted by atomic mass is 10.0. The second-order valence-corrected chi connectivity index (χ2v) is 6.74. The number of amides is 1. The van der Waals surface area contributed by atoms with Crippen molar-refractivity contribution in [1.82, 2.24) is 15.2 Å². The summed E-state index contributed by atoms with van der Waals surface area (Å²) in [6.45, 7) is 3.77. The second kappa shape index (κ2) is 7.13. The Morgan fingerprint density at radius 2 is 1.92 bits per heavy atom. The number of hydrogen-bond acceptors (Lipinski definition) is 4. The van der Waals surface area contributed by atoms with Gasteiger partial charge in [0, 0.05) is 36.8 Å². The first kappa shape index (κ1) is 17.3. The molecule has 1 aromatic carbocycles. The molecule has 2 aliphatic heterocycles. The highest BCUT2D eigenvalue weighted by Crippen LogP contribution is 2.27. The molecule has 5 nitrogen and oxygen atoms in total. The minimum absolute atomic E-state index is 0. The molecule has 0 radical (unpaired) electrons. The predicted molar refractivity (Wildman–Crippen MR) is 94.3 cm³/mol. The van der Waals surface area contributed by atoms with E-state index >= 15 is 0 Å². The molecule has 0 saturated carbocycles. The summed E-state index contributed by atoms with van der Waals surface area (Å²) < 4.78 is 5.49. The van der Waals surface area contributed by atoms with E-state index in [-0.39, 0.29) is 18.3 Å². The van der Waals surface area contributed by atoms with Crippen molar-refractivity contribution in [2.45, 2.75) is 6.42 Å². The van der Waals surface area contributed by atoms with Crippen molar-refractivity contribution in [2.75, 3.05) is 26.2 Å². The van der Waals surface area contributed by atoms with Gasteiger partial charge in [0.2, 0.25) is 11.8 Å². The number of nitrogens with zero attached hydrogens (tertiary/aromatic N) is 2. The zero-order chi connectivity index (χ0) is 15.8. The van der Waals surface area contributed by atoms with Gasteiger partial charge in [-0.05, 0) is 36.1 Å². The second-order valence-electron chi connectivity index (χ2n) is 6.30. The van der Waals surface area contributed by atoms with E-state index in [1.807, 2.05) is 17.0 Å². The van der Waals surface area contributed by atoms with Crippen LogP contribution in [-0.4, -0.2) is 42.0 Å². The van der Waals surface area contributed by atoms with E-state index in [0.29, 0.717) is 34.9 Å². The van der Waals surface area contributed by atoms with Crippen LogP contribution in [0.3, 0.4) is 0 Å². The maximum absolute atomic E-state index is 12.4. The van der Waals surface area contributed by atoms with Crippen molar-refractivity contribution >= 4 is 29.9 Å². The van der Waals surface area contributed by atoms with Crippen molar-refractivity contribution in [1.29, 1.82) is 0 Å². The van der Waals surface area contributed by atoms with Gasteiger partial charge in [-0.15, -0.1) is 12.4 Å². The number of oxazole rings is 1. The minimum atomic E-state index is 0. The monoisotopic (exact) mass is 367 g/mol. The lowest BCUT2D eigenvalue weighted by molar-refractivity contribution is -0.129. The van der Waals surface area contributed by atoms with Crippen LogP contribution in [0.1, 0.15) is 5.69 Å². The van der Waals surface area contributed by atoms with Gasteiger partial charge in [0.1, 0.15) is 6.26 Å². The summed E-state index contributed by atoms with van der Waals surface area (Å²) >= 11 is 5.88. The molecule has 2 aromatic rings. The third-order valence-corrected chi connectivity index (χ3v) is 4.97. The number of nitrogens with one attached hydrogen (secondary N) is 1. The molecule has 7 heteroatoms. The molecule has 2 fully saturated rings. The van der Waals surface area contributed by atoms with Crippen molar-refractivity contribution in [2.24, 2.45) is 11.8 Å². The number of aromatic nitrogens is 1. The highest BCUT2D eigenvalue weighted by Gasteiger charge is 2.37. The zero-order valence-electron chi connectivity index (χ0n) is 13.1. The lowest BCUT2D eigenvalue weighted by Gasteiger charge is -2.16. The molecule has 4 rings (SSSR count). The standard InChI is InChI=1S/C17H18ClN3O2.ClH/c18-14-3-1-11(2-4-14)17-20-15(10-23-17)5-16(22)21-8-12-6-19-7-13(12)9-21;/h1-4,10,12-13,19H,5-9H2;1H/t12-,13+;. The lowest BCUT2D eigenvalue weighted by Crippen LogP contribution is -2.33. The zero-order valence-corrected chi connectivity index (χ0v) is 14.6. The number of fused-ring (bicyclic) bond motifs is 1. The Bertz CT molecular complexity index is 705. The van der Waals surface area contributed by atoms with Crippen molar-refractivity contribution in [3.8, 4) is 11.5 Å². The third kappa shape index (κ3) is 3.43. The normalized spacial score (nSPS) is 22.3. The Labute approximate surface area is 151 Å². The predicted octanol–water partition coefficient (Wildman–Crippen LogP) is 2.64. The minimum Gasteiger partial charge on any atom is -0.444 e. The van der Waals surface area contributed by atoms with Crippen LogP contribution < -0.4 is 5.32 Å². The van der Waals surface area contributed by atoms with Gasteiger partial charge in [-0.3, -0.25) is 4.79 Å². The van der Waals surface area contributed by atoms with Crippen molar-refractivity contribution in [3.05, 3.63) is 41.2 Å². The molecule has 0 bridgehead atoms. The maximum Gasteiger partial charge on any atom is 0.228 e. The summed E-state index contributed by atoms with van der Waals surface area (Å²) in [7, 11) is 0. The van der Waals surface area contributed by atoms with Gasteiger partial charge in [0.25, 0.3) is 0 Å². The van der Waals surface area contributed by atoms with Crippen LogP contribution in [0.15, 0.2) is 34.9 Å². The SMILES string of the molecule is Cl.O=C(Cc1coc(-c2ccc(Cl)cc2)n1)N1C[C@H]2CNC[C@H]2C1. The summed E-state index contributed by atoms with van der Waals surface area (Å²) in [6, 6.07) is 7.30. The first-order valence-electron chi connectivity index (χ1n) is 7.88. The molecule has 2 saturated heterocycles. The number of carbonyl (C=O) groups excluding carboxylic acids is 1. The molecule has 0 aliphatic carbocycles. The fourth-order valence-corrected chi connectivity index (χ4v) is 3.56. The van der Waals surface area contributed by atoms with Gasteiger partial charge in [0.05, 0.1) is 12.1 Å². The van der Waals surface area contributed by atoms with Gasteiger partial charge in [0.15, 0.2) is 0 Å². The molecule has 1 aromatic heterocycles. The number of hydrogen-bond donors (Lipinski definition) is 1. The van der Waals surface area contributed by atoms with Gasteiger partial charge >= 0.3 is 0 Å². The van der Waals surface area contributed by atoms with Gasteiger partial charge in [-0.1, -0.05) is 11.6 Å². The van der Waals surface area contributed by atoms with E-state index in [0.717, 1.165) is 31.7 Å². The smallest absolute Gasteiger partial charge is 0.228 e. The molecule has 0 spiro atoms. The first-order chi connectivity index (χ1) is 11.2. The van der Waals surface area contributed by atoms with E-state index < -0.39 is 0 Å². The fraction of sp³-hybridized carbons (Fsp3) is 0.412. The number of carbonyl (C=O) groups is 1. The Kier molecular flexibility index (Phi) is 5.13. The molecule has 1 amide bonds. The van der Waals surface area contributed by atoms with Crippen molar-refractivity contribution in [3.63, 3.8) is 0 Å². The number of likely N-dealkylation sites (tertiary alicyclic amines) is 1. The molecule has 1 N–H and O–H groups in total. The summed E-state index contributed by atoms with van der Waals surface area (Å²) in [6.07, 6.45) is 1.87. The highest BCUT2D eigenvalue weighted by molar-refractivity contribution is 6.30. The van der Waals surface area contributed by atoms with Gasteiger partial charge in [-0.2, -0.15) is 0 Å². The summed E-state index contributed by atoms with van der Waals surface area (Å²) in [4.78, 5) is 18.8. The third-order valence-electron chi connectivity index (χ3n) is 4.72. The van der Waals surface area contributed by atoms with Crippen molar-refractivity contribution < 1.29 is 9.21 Å². The van der Waals surface area contributed by atoms with Gasteiger partial charge in [-0.25, -0.2) is 4.98 Å². The van der Waals surface area contributed by atoms with E-state index in [1.165, 1.54) is 0 Å². The molecular weight excluding hydrogens is 349 g/mol.